The first-order valence-electron chi connectivity index (χ1n) is 13.8. The SMILES string of the molecule is CC(=O)O[C@@H]1C[C@H]2[C@@H](CC=C3C[C@@H](O)CC[C@@]32C)[C@@H]2CC[C@H]([C@@](C)(O)C3=NC[C@H](C)CC3)[C@@]12C. The minimum Gasteiger partial charge on any atom is -0.462 e. The molecule has 5 nitrogen and oxygen atoms in total. The maximum absolute atomic E-state index is 12.3. The Morgan fingerprint density at radius 1 is 1.21 bits per heavy atom. The van der Waals surface area contributed by atoms with Crippen LogP contribution in [0, 0.1) is 40.4 Å². The van der Waals surface area contributed by atoms with E-state index in [-0.39, 0.29) is 34.9 Å². The van der Waals surface area contributed by atoms with Gasteiger partial charge in [-0.3, -0.25) is 9.79 Å². The highest BCUT2D eigenvalue weighted by molar-refractivity contribution is 5.93. The van der Waals surface area contributed by atoms with E-state index in [0.29, 0.717) is 23.7 Å². The van der Waals surface area contributed by atoms with Crippen molar-refractivity contribution in [3.63, 3.8) is 0 Å². The molecule has 3 saturated carbocycles. The lowest BCUT2D eigenvalue weighted by atomic mass is 9.45. The number of esters is 1. The van der Waals surface area contributed by atoms with Gasteiger partial charge in [0.1, 0.15) is 11.7 Å². The predicted molar refractivity (Wildman–Crippen MR) is 133 cm³/mol. The van der Waals surface area contributed by atoms with Crippen molar-refractivity contribution in [3.8, 4) is 0 Å². The van der Waals surface area contributed by atoms with Gasteiger partial charge in [-0.05, 0) is 93.8 Å². The van der Waals surface area contributed by atoms with Crippen molar-refractivity contribution in [2.24, 2.45) is 45.4 Å². The van der Waals surface area contributed by atoms with Crippen LogP contribution in [0.25, 0.3) is 0 Å². The molecule has 0 aromatic rings. The van der Waals surface area contributed by atoms with Crippen molar-refractivity contribution in [2.75, 3.05) is 6.54 Å². The second-order valence-electron chi connectivity index (χ2n) is 13.1. The number of carbonyl (C=O) groups excluding carboxylic acids is 1. The number of hydrogen-bond donors (Lipinski definition) is 2. The molecule has 34 heavy (non-hydrogen) atoms. The molecule has 190 valence electrons. The summed E-state index contributed by atoms with van der Waals surface area (Å²) in [6.07, 6.45) is 10.5. The first kappa shape index (κ1) is 24.5. The minimum absolute atomic E-state index is 0.0359. The van der Waals surface area contributed by atoms with Gasteiger partial charge in [0.05, 0.1) is 6.10 Å². The summed E-state index contributed by atoms with van der Waals surface area (Å²) in [6.45, 7) is 11.3. The number of allylic oxidation sites excluding steroid dienone is 1. The molecule has 0 unspecified atom stereocenters. The summed E-state index contributed by atoms with van der Waals surface area (Å²) in [5.41, 5.74) is 1.22. The Morgan fingerprint density at radius 3 is 2.65 bits per heavy atom. The number of hydrogen-bond acceptors (Lipinski definition) is 5. The zero-order chi connectivity index (χ0) is 24.5. The number of fused-ring (bicyclic) bond motifs is 5. The quantitative estimate of drug-likeness (QED) is 0.444. The lowest BCUT2D eigenvalue weighted by molar-refractivity contribution is -0.186. The Bertz CT molecular complexity index is 893. The fourth-order valence-corrected chi connectivity index (χ4v) is 9.30. The summed E-state index contributed by atoms with van der Waals surface area (Å²) in [6, 6.07) is 0. The lowest BCUT2D eigenvalue weighted by Crippen LogP contribution is -2.61. The number of nitrogens with zero attached hydrogens (tertiary/aromatic N) is 1. The van der Waals surface area contributed by atoms with Gasteiger partial charge in [0, 0.05) is 30.5 Å². The molecule has 0 radical (unpaired) electrons. The van der Waals surface area contributed by atoms with E-state index in [1.807, 2.05) is 6.92 Å². The van der Waals surface area contributed by atoms with Gasteiger partial charge in [0.25, 0.3) is 0 Å². The molecule has 0 spiro atoms. The van der Waals surface area contributed by atoms with Crippen LogP contribution in [-0.2, 0) is 9.53 Å². The van der Waals surface area contributed by atoms with E-state index < -0.39 is 5.60 Å². The molecule has 0 bridgehead atoms. The van der Waals surface area contributed by atoms with Gasteiger partial charge in [-0.25, -0.2) is 0 Å². The van der Waals surface area contributed by atoms with Crippen LogP contribution in [-0.4, -0.2) is 46.2 Å². The lowest BCUT2D eigenvalue weighted by Gasteiger charge is -2.61. The van der Waals surface area contributed by atoms with E-state index in [1.165, 1.54) is 12.5 Å². The van der Waals surface area contributed by atoms with Gasteiger partial charge >= 0.3 is 5.97 Å². The third kappa shape index (κ3) is 3.63. The van der Waals surface area contributed by atoms with Crippen LogP contribution < -0.4 is 0 Å². The fourth-order valence-electron chi connectivity index (χ4n) is 9.30. The van der Waals surface area contributed by atoms with Gasteiger partial charge < -0.3 is 14.9 Å². The summed E-state index contributed by atoms with van der Waals surface area (Å²) in [7, 11) is 0. The third-order valence-corrected chi connectivity index (χ3v) is 11.2. The molecule has 0 amide bonds. The van der Waals surface area contributed by atoms with Gasteiger partial charge in [-0.1, -0.05) is 32.4 Å². The molecule has 0 aromatic heterocycles. The van der Waals surface area contributed by atoms with Gasteiger partial charge in [0.15, 0.2) is 0 Å². The summed E-state index contributed by atoms with van der Waals surface area (Å²) in [4.78, 5) is 17.2. The van der Waals surface area contributed by atoms with E-state index >= 15 is 0 Å². The second kappa shape index (κ2) is 8.44. The minimum atomic E-state index is -0.969. The molecule has 1 heterocycles. The van der Waals surface area contributed by atoms with E-state index in [2.05, 4.69) is 26.8 Å². The first-order chi connectivity index (χ1) is 16.0. The van der Waals surface area contributed by atoms with Gasteiger partial charge in [-0.2, -0.15) is 0 Å². The molecular formula is C29H45NO4. The molecule has 10 atom stereocenters. The topological polar surface area (TPSA) is 79.1 Å². The van der Waals surface area contributed by atoms with Crippen LogP contribution in [0.2, 0.25) is 0 Å². The van der Waals surface area contributed by atoms with Crippen molar-refractivity contribution in [1.29, 1.82) is 0 Å². The average molecular weight is 472 g/mol. The molecule has 3 fully saturated rings. The van der Waals surface area contributed by atoms with Crippen molar-refractivity contribution in [1.82, 2.24) is 0 Å². The van der Waals surface area contributed by atoms with Gasteiger partial charge in [-0.15, -0.1) is 0 Å². The van der Waals surface area contributed by atoms with E-state index in [0.717, 1.165) is 70.0 Å². The van der Waals surface area contributed by atoms with Crippen LogP contribution in [0.3, 0.4) is 0 Å². The number of aliphatic hydroxyl groups excluding tert-OH is 1. The van der Waals surface area contributed by atoms with E-state index in [9.17, 15) is 15.0 Å². The highest BCUT2D eigenvalue weighted by Crippen LogP contribution is 2.68. The Balaban J connectivity index is 1.52. The largest absolute Gasteiger partial charge is 0.462 e. The average Bonchev–Trinajstić information content (AvgIpc) is 3.14. The molecule has 0 saturated heterocycles. The Labute approximate surface area is 205 Å². The van der Waals surface area contributed by atoms with Crippen LogP contribution in [0.4, 0.5) is 0 Å². The fraction of sp³-hybridized carbons (Fsp3) is 0.862. The summed E-state index contributed by atoms with van der Waals surface area (Å²) in [5, 5.41) is 22.4. The molecule has 2 N–H and O–H groups in total. The highest BCUT2D eigenvalue weighted by atomic mass is 16.5. The Kier molecular flexibility index (Phi) is 6.08. The standard InChI is InChI=1S/C29H45NO4/c1-17-6-11-25(30-16-17)29(5,33)24-10-9-22-21-8-7-19-14-20(32)12-13-27(19,3)23(21)15-26(28(22,24)4)34-18(2)31/h7,17,20-24,26,32-33H,6,8-16H2,1-5H3/t17-,20+,21+,22+,23+,24+,26-,27+,28+,29-/m1/s1. The van der Waals surface area contributed by atoms with E-state index in [4.69, 9.17) is 9.73 Å². The molecule has 5 rings (SSSR count). The predicted octanol–water partition coefficient (Wildman–Crippen LogP) is 5.09. The molecule has 0 aromatic carbocycles. The number of ether oxygens (including phenoxy) is 1. The smallest absolute Gasteiger partial charge is 0.302 e. The third-order valence-electron chi connectivity index (χ3n) is 11.2. The molecule has 1 aliphatic heterocycles. The monoisotopic (exact) mass is 471 g/mol. The molecule has 4 aliphatic carbocycles. The van der Waals surface area contributed by atoms with Crippen molar-refractivity contribution < 1.29 is 19.7 Å². The summed E-state index contributed by atoms with van der Waals surface area (Å²) >= 11 is 0. The highest BCUT2D eigenvalue weighted by Gasteiger charge is 2.66. The van der Waals surface area contributed by atoms with Gasteiger partial charge in [0.2, 0.25) is 0 Å². The molecule has 5 heteroatoms. The number of rotatable bonds is 3. The van der Waals surface area contributed by atoms with Crippen LogP contribution in [0.15, 0.2) is 16.6 Å². The van der Waals surface area contributed by atoms with Crippen LogP contribution >= 0.6 is 0 Å². The molecule has 5 aliphatic rings. The van der Waals surface area contributed by atoms with Crippen molar-refractivity contribution in [2.45, 2.75) is 110 Å². The second-order valence-corrected chi connectivity index (χ2v) is 13.1. The Hall–Kier alpha value is -1.20. The van der Waals surface area contributed by atoms with Crippen molar-refractivity contribution in [3.05, 3.63) is 11.6 Å². The number of carbonyl (C=O) groups is 1. The first-order valence-corrected chi connectivity index (χ1v) is 13.8. The number of aliphatic hydroxyl groups is 2. The zero-order valence-corrected chi connectivity index (χ0v) is 21.8. The normalized spacial score (nSPS) is 47.9. The van der Waals surface area contributed by atoms with E-state index in [1.54, 1.807) is 0 Å². The zero-order valence-electron chi connectivity index (χ0n) is 21.8. The van der Waals surface area contributed by atoms with Crippen molar-refractivity contribution >= 4 is 11.7 Å². The summed E-state index contributed by atoms with van der Waals surface area (Å²) in [5.74, 6) is 1.81. The van der Waals surface area contributed by atoms with Crippen LogP contribution in [0.5, 0.6) is 0 Å². The van der Waals surface area contributed by atoms with Crippen LogP contribution in [0.1, 0.15) is 92.4 Å². The Morgan fingerprint density at radius 2 is 1.97 bits per heavy atom. The maximum Gasteiger partial charge on any atom is 0.302 e. The molecular weight excluding hydrogens is 426 g/mol. The number of aliphatic imine (C=N–C) groups is 1. The maximum atomic E-state index is 12.3. The summed E-state index contributed by atoms with van der Waals surface area (Å²) < 4.78 is 6.17.